The Bertz CT molecular complexity index is 1620. The number of nitrogens with one attached hydrogen (secondary N) is 1. The van der Waals surface area contributed by atoms with Crippen LogP contribution in [-0.4, -0.2) is 19.1 Å². The number of nitrogens with zero attached hydrogens (tertiary/aromatic N) is 4. The first-order valence-electron chi connectivity index (χ1n) is 11.7. The van der Waals surface area contributed by atoms with Gasteiger partial charge < -0.3 is 19.2 Å². The average molecular weight is 448 g/mol. The summed E-state index contributed by atoms with van der Waals surface area (Å²) in [5.74, 6) is 3.66. The lowest BCUT2D eigenvalue weighted by Crippen LogP contribution is -2.16. The Kier molecular flexibility index (Phi) is 3.98. The molecule has 5 aromatic rings. The Morgan fingerprint density at radius 2 is 1.68 bits per heavy atom. The number of rotatable bonds is 2. The van der Waals surface area contributed by atoms with Crippen LogP contribution in [0.15, 0.2) is 54.7 Å². The molecule has 0 amide bonds. The second kappa shape index (κ2) is 6.97. The fourth-order valence-electron chi connectivity index (χ4n) is 5.50. The molecule has 168 valence electrons. The number of aryl methyl sites for hydroxylation is 4. The van der Waals surface area contributed by atoms with Crippen LogP contribution >= 0.6 is 0 Å². The van der Waals surface area contributed by atoms with Crippen molar-refractivity contribution in [2.45, 2.75) is 40.4 Å². The molecule has 0 unspecified atom stereocenters. The van der Waals surface area contributed by atoms with Gasteiger partial charge in [-0.1, -0.05) is 12.1 Å². The van der Waals surface area contributed by atoms with E-state index in [9.17, 15) is 0 Å². The van der Waals surface area contributed by atoms with Crippen LogP contribution < -0.4 is 10.1 Å². The van der Waals surface area contributed by atoms with E-state index in [0.717, 1.165) is 69.7 Å². The molecule has 0 spiro atoms. The smallest absolute Gasteiger partial charge is 0.144 e. The van der Waals surface area contributed by atoms with Gasteiger partial charge in [0, 0.05) is 29.6 Å². The van der Waals surface area contributed by atoms with E-state index in [2.05, 4.69) is 83.9 Å². The number of para-hydroxylation sites is 2. The van der Waals surface area contributed by atoms with Gasteiger partial charge in [-0.3, -0.25) is 0 Å². The van der Waals surface area contributed by atoms with E-state index in [0.29, 0.717) is 6.67 Å². The zero-order valence-electron chi connectivity index (χ0n) is 19.5. The number of hydrogen-bond acceptors (Lipinski definition) is 4. The number of hydrogen-bond donors (Lipinski definition) is 1. The lowest BCUT2D eigenvalue weighted by Gasteiger charge is -2.24. The fraction of sp³-hybridized carbons (Fsp3) is 0.214. The van der Waals surface area contributed by atoms with Crippen LogP contribution in [-0.2, 0) is 19.6 Å². The minimum Gasteiger partial charge on any atom is -0.457 e. The van der Waals surface area contributed by atoms with Crippen molar-refractivity contribution < 1.29 is 4.74 Å². The topological polar surface area (TPSA) is 56.9 Å². The number of imidazole rings is 2. The van der Waals surface area contributed by atoms with Gasteiger partial charge in [-0.15, -0.1) is 0 Å². The van der Waals surface area contributed by atoms with Crippen LogP contribution in [0.2, 0.25) is 0 Å². The summed E-state index contributed by atoms with van der Waals surface area (Å²) in [6.07, 6.45) is 3.15. The zero-order chi connectivity index (χ0) is 23.0. The van der Waals surface area contributed by atoms with Gasteiger partial charge in [0.1, 0.15) is 23.1 Å². The Balaban J connectivity index is 1.32. The summed E-state index contributed by atoms with van der Waals surface area (Å²) >= 11 is 0. The number of ether oxygens (including phenoxy) is 1. The third-order valence-corrected chi connectivity index (χ3v) is 7.04. The summed E-state index contributed by atoms with van der Waals surface area (Å²) in [6, 6.07) is 16.8. The second-order valence-corrected chi connectivity index (χ2v) is 9.37. The van der Waals surface area contributed by atoms with Crippen LogP contribution in [0, 0.1) is 20.8 Å². The molecule has 0 saturated carbocycles. The Morgan fingerprint density at radius 1 is 0.882 bits per heavy atom. The molecule has 34 heavy (non-hydrogen) atoms. The molecule has 2 aliphatic heterocycles. The second-order valence-electron chi connectivity index (χ2n) is 9.37. The predicted octanol–water partition coefficient (Wildman–Crippen LogP) is 6.22. The third kappa shape index (κ3) is 2.81. The number of fused-ring (bicyclic) bond motifs is 8. The number of aromatic nitrogens is 4. The fourth-order valence-corrected chi connectivity index (χ4v) is 5.50. The molecule has 6 nitrogen and oxygen atoms in total. The summed E-state index contributed by atoms with van der Waals surface area (Å²) < 4.78 is 11.0. The summed E-state index contributed by atoms with van der Waals surface area (Å²) in [6.45, 7) is 8.02. The maximum Gasteiger partial charge on any atom is 0.144 e. The van der Waals surface area contributed by atoms with Gasteiger partial charge in [-0.25, -0.2) is 9.97 Å². The van der Waals surface area contributed by atoms with Gasteiger partial charge >= 0.3 is 0 Å². The molecule has 0 radical (unpaired) electrons. The highest BCUT2D eigenvalue weighted by molar-refractivity contribution is 5.87. The van der Waals surface area contributed by atoms with Crippen molar-refractivity contribution in [1.29, 1.82) is 0 Å². The number of anilines is 1. The van der Waals surface area contributed by atoms with Gasteiger partial charge in [0.05, 0.1) is 23.4 Å². The van der Waals surface area contributed by atoms with E-state index in [1.807, 2.05) is 6.07 Å². The molecule has 0 aliphatic carbocycles. The first-order valence-corrected chi connectivity index (χ1v) is 11.7. The molecule has 7 rings (SSSR count). The summed E-state index contributed by atoms with van der Waals surface area (Å²) in [5.41, 5.74) is 10.3. The highest BCUT2D eigenvalue weighted by Crippen LogP contribution is 2.41. The lowest BCUT2D eigenvalue weighted by molar-refractivity contribution is 0.481. The first-order chi connectivity index (χ1) is 16.5. The standard InChI is InChI=1S/C28H25N5O/c1-16-10-19(12-22-21(16)8-9-32-14-18(3)30-27(22)32)34-20-11-17(2)26-23(13-20)28-31-24-6-4-5-7-25(24)33(28)15-29-26/h4-7,10-14,29H,8-9,15H2,1-3H3. The molecular formula is C28H25N5O. The molecule has 3 aromatic carbocycles. The maximum absolute atomic E-state index is 6.48. The molecule has 0 bridgehead atoms. The monoisotopic (exact) mass is 447 g/mol. The van der Waals surface area contributed by atoms with Crippen molar-refractivity contribution in [3.05, 3.63) is 77.1 Å². The van der Waals surface area contributed by atoms with Crippen molar-refractivity contribution in [3.63, 3.8) is 0 Å². The minimum atomic E-state index is 0.708. The van der Waals surface area contributed by atoms with Gasteiger partial charge in [0.2, 0.25) is 0 Å². The lowest BCUT2D eigenvalue weighted by atomic mass is 9.95. The normalized spacial score (nSPS) is 13.6. The van der Waals surface area contributed by atoms with Crippen molar-refractivity contribution in [2.24, 2.45) is 0 Å². The highest BCUT2D eigenvalue weighted by Gasteiger charge is 2.24. The van der Waals surface area contributed by atoms with E-state index in [1.165, 1.54) is 16.7 Å². The van der Waals surface area contributed by atoms with Gasteiger partial charge in [0.25, 0.3) is 0 Å². The molecular weight excluding hydrogens is 422 g/mol. The molecule has 6 heteroatoms. The third-order valence-electron chi connectivity index (χ3n) is 7.04. The molecule has 2 aromatic heterocycles. The van der Waals surface area contributed by atoms with Crippen LogP contribution in [0.5, 0.6) is 11.5 Å². The molecule has 0 fully saturated rings. The quantitative estimate of drug-likeness (QED) is 0.349. The summed E-state index contributed by atoms with van der Waals surface area (Å²) in [7, 11) is 0. The zero-order valence-corrected chi connectivity index (χ0v) is 19.5. The van der Waals surface area contributed by atoms with Gasteiger partial charge in [0.15, 0.2) is 0 Å². The van der Waals surface area contributed by atoms with Crippen LogP contribution in [0.25, 0.3) is 33.8 Å². The van der Waals surface area contributed by atoms with Gasteiger partial charge in [-0.2, -0.15) is 0 Å². The summed E-state index contributed by atoms with van der Waals surface area (Å²) in [4.78, 5) is 9.73. The number of benzene rings is 3. The van der Waals surface area contributed by atoms with E-state index in [-0.39, 0.29) is 0 Å². The van der Waals surface area contributed by atoms with E-state index >= 15 is 0 Å². The molecule has 4 heterocycles. The van der Waals surface area contributed by atoms with Crippen molar-refractivity contribution in [3.8, 4) is 34.3 Å². The Hall–Kier alpha value is -4.06. The molecule has 1 N–H and O–H groups in total. The van der Waals surface area contributed by atoms with Crippen molar-refractivity contribution >= 4 is 16.7 Å². The van der Waals surface area contributed by atoms with E-state index < -0.39 is 0 Å². The molecule has 0 saturated heterocycles. The van der Waals surface area contributed by atoms with Crippen LogP contribution in [0.1, 0.15) is 22.4 Å². The van der Waals surface area contributed by atoms with Crippen molar-refractivity contribution in [2.75, 3.05) is 5.32 Å². The van der Waals surface area contributed by atoms with Gasteiger partial charge in [-0.05, 0) is 80.3 Å². The Labute approximate surface area is 197 Å². The van der Waals surface area contributed by atoms with Crippen LogP contribution in [0.3, 0.4) is 0 Å². The maximum atomic E-state index is 6.48. The first kappa shape index (κ1) is 19.4. The highest BCUT2D eigenvalue weighted by atomic mass is 16.5. The molecule has 2 aliphatic rings. The van der Waals surface area contributed by atoms with Crippen molar-refractivity contribution in [1.82, 2.24) is 19.1 Å². The van der Waals surface area contributed by atoms with Crippen LogP contribution in [0.4, 0.5) is 5.69 Å². The largest absolute Gasteiger partial charge is 0.457 e. The van der Waals surface area contributed by atoms with E-state index in [4.69, 9.17) is 14.7 Å². The van der Waals surface area contributed by atoms with E-state index in [1.54, 1.807) is 0 Å². The summed E-state index contributed by atoms with van der Waals surface area (Å²) in [5, 5.41) is 3.58. The molecule has 0 atom stereocenters. The average Bonchev–Trinajstić information content (AvgIpc) is 3.39. The SMILES string of the molecule is Cc1cn2c(n1)-c1cc(Oc3cc(C)c4c(c3)-c3nc5ccccc5n3CN4)cc(C)c1CC2. The minimum absolute atomic E-state index is 0.708. The predicted molar refractivity (Wildman–Crippen MR) is 134 cm³/mol. The Morgan fingerprint density at radius 3 is 2.56 bits per heavy atom.